The fraction of sp³-hybridized carbons (Fsp3) is 0.160. The number of carbonyl (C=O) groups is 1. The summed E-state index contributed by atoms with van der Waals surface area (Å²) in [6.07, 6.45) is 0. The summed E-state index contributed by atoms with van der Waals surface area (Å²) in [5.41, 5.74) is 6.23. The molecule has 0 atom stereocenters. The van der Waals surface area contributed by atoms with E-state index in [1.165, 1.54) is 0 Å². The van der Waals surface area contributed by atoms with Crippen molar-refractivity contribution in [1.29, 1.82) is 0 Å². The molecule has 0 spiro atoms. The van der Waals surface area contributed by atoms with Crippen LogP contribution in [0.25, 0.3) is 22.4 Å². The molecule has 0 saturated carbocycles. The van der Waals surface area contributed by atoms with Gasteiger partial charge in [0.15, 0.2) is 11.7 Å². The van der Waals surface area contributed by atoms with Crippen molar-refractivity contribution in [3.05, 3.63) is 75.3 Å². The van der Waals surface area contributed by atoms with Gasteiger partial charge in [-0.25, -0.2) is 4.98 Å². The Bertz CT molecular complexity index is 1340. The van der Waals surface area contributed by atoms with E-state index in [-0.39, 0.29) is 17.6 Å². The van der Waals surface area contributed by atoms with Crippen molar-refractivity contribution in [1.82, 2.24) is 15.3 Å². The van der Waals surface area contributed by atoms with Gasteiger partial charge < -0.3 is 15.0 Å². The Morgan fingerprint density at radius 3 is 2.47 bits per heavy atom. The van der Waals surface area contributed by atoms with Crippen LogP contribution in [0, 0.1) is 20.8 Å². The normalized spacial score (nSPS) is 10.9. The monoisotopic (exact) mass is 512 g/mol. The molecule has 3 N–H and O–H groups in total. The van der Waals surface area contributed by atoms with Gasteiger partial charge in [0, 0.05) is 16.3 Å². The van der Waals surface area contributed by atoms with Crippen molar-refractivity contribution < 1.29 is 9.53 Å². The van der Waals surface area contributed by atoms with Gasteiger partial charge >= 0.3 is 0 Å². The van der Waals surface area contributed by atoms with Crippen LogP contribution in [0.5, 0.6) is 5.75 Å². The highest BCUT2D eigenvalue weighted by Gasteiger charge is 2.12. The molecule has 34 heavy (non-hydrogen) atoms. The molecule has 0 aliphatic heterocycles. The largest absolute Gasteiger partial charge is 0.482 e. The Kier molecular flexibility index (Phi) is 7.07. The highest BCUT2D eigenvalue weighted by Crippen LogP contribution is 2.30. The molecule has 0 radical (unpaired) electrons. The predicted molar refractivity (Wildman–Crippen MR) is 142 cm³/mol. The number of hydrogen-bond donors (Lipinski definition) is 3. The van der Waals surface area contributed by atoms with Crippen molar-refractivity contribution >= 4 is 63.2 Å². The molecule has 0 unspecified atom stereocenters. The van der Waals surface area contributed by atoms with Crippen LogP contribution in [0.3, 0.4) is 0 Å². The van der Waals surface area contributed by atoms with Crippen molar-refractivity contribution in [2.24, 2.45) is 0 Å². The highest BCUT2D eigenvalue weighted by atomic mass is 35.5. The maximum absolute atomic E-state index is 12.3. The molecule has 9 heteroatoms. The summed E-state index contributed by atoms with van der Waals surface area (Å²) in [6.45, 7) is 5.57. The Labute approximate surface area is 212 Å². The van der Waals surface area contributed by atoms with Crippen LogP contribution in [0.4, 0.5) is 5.69 Å². The first-order chi connectivity index (χ1) is 16.2. The molecule has 0 fully saturated rings. The van der Waals surface area contributed by atoms with Crippen LogP contribution >= 0.6 is 35.4 Å². The summed E-state index contributed by atoms with van der Waals surface area (Å²) in [7, 11) is 0. The summed E-state index contributed by atoms with van der Waals surface area (Å²) >= 11 is 17.7. The van der Waals surface area contributed by atoms with E-state index in [4.69, 9.17) is 40.2 Å². The number of carbonyl (C=O) groups excluding carboxylic acids is 1. The van der Waals surface area contributed by atoms with Crippen molar-refractivity contribution in [3.63, 3.8) is 0 Å². The molecule has 0 bridgehead atoms. The Hall–Kier alpha value is -3.13. The summed E-state index contributed by atoms with van der Waals surface area (Å²) in [4.78, 5) is 20.2. The lowest BCUT2D eigenvalue weighted by atomic mass is 10.1. The Balaban J connectivity index is 1.34. The number of nitrogens with zero attached hydrogens (tertiary/aromatic N) is 1. The molecule has 1 heterocycles. The number of benzene rings is 3. The minimum absolute atomic E-state index is 0.168. The molecular weight excluding hydrogens is 491 g/mol. The SMILES string of the molecule is Cc1cc(C)c(OCC(=O)NC(=S)Nc2ccc(-c3nc4cc(Cl)c(C)cc4[nH]3)cc2)c(Cl)c1. The van der Waals surface area contributed by atoms with E-state index in [0.29, 0.717) is 15.8 Å². The zero-order valence-corrected chi connectivity index (χ0v) is 21.1. The zero-order chi connectivity index (χ0) is 24.4. The quantitative estimate of drug-likeness (QED) is 0.271. The second kappa shape index (κ2) is 10.0. The molecule has 0 saturated heterocycles. The second-order valence-electron chi connectivity index (χ2n) is 7.97. The lowest BCUT2D eigenvalue weighted by Crippen LogP contribution is -2.37. The number of aromatic amines is 1. The van der Waals surface area contributed by atoms with Gasteiger partial charge in [-0.15, -0.1) is 0 Å². The average molecular weight is 513 g/mol. The number of fused-ring (bicyclic) bond motifs is 1. The summed E-state index contributed by atoms with van der Waals surface area (Å²) < 4.78 is 5.59. The molecule has 0 aliphatic rings. The number of H-pyrrole nitrogens is 1. The number of aryl methyl sites for hydroxylation is 3. The molecule has 4 rings (SSSR count). The fourth-order valence-electron chi connectivity index (χ4n) is 3.54. The molecule has 0 aliphatic carbocycles. The minimum Gasteiger partial charge on any atom is -0.482 e. The predicted octanol–water partition coefficient (Wildman–Crippen LogP) is 6.35. The van der Waals surface area contributed by atoms with Gasteiger partial charge in [0.25, 0.3) is 5.91 Å². The topological polar surface area (TPSA) is 79.0 Å². The third kappa shape index (κ3) is 5.50. The number of aromatic nitrogens is 2. The van der Waals surface area contributed by atoms with Crippen LogP contribution in [-0.2, 0) is 4.79 Å². The molecular formula is C25H22Cl2N4O2S. The van der Waals surface area contributed by atoms with Crippen LogP contribution in [-0.4, -0.2) is 27.6 Å². The number of thiocarbonyl (C=S) groups is 1. The fourth-order valence-corrected chi connectivity index (χ4v) is 4.30. The van der Waals surface area contributed by atoms with Gasteiger partial charge in [-0.05, 0) is 92.1 Å². The van der Waals surface area contributed by atoms with E-state index < -0.39 is 0 Å². The first-order valence-corrected chi connectivity index (χ1v) is 11.6. The van der Waals surface area contributed by atoms with Crippen molar-refractivity contribution in [2.75, 3.05) is 11.9 Å². The van der Waals surface area contributed by atoms with E-state index in [1.807, 2.05) is 63.2 Å². The maximum atomic E-state index is 12.3. The van der Waals surface area contributed by atoms with Gasteiger partial charge in [0.1, 0.15) is 11.6 Å². The van der Waals surface area contributed by atoms with E-state index in [0.717, 1.165) is 44.8 Å². The number of rotatable bonds is 5. The van der Waals surface area contributed by atoms with Crippen molar-refractivity contribution in [2.45, 2.75) is 20.8 Å². The summed E-state index contributed by atoms with van der Waals surface area (Å²) in [6, 6.07) is 15.1. The van der Waals surface area contributed by atoms with E-state index in [9.17, 15) is 4.79 Å². The van der Waals surface area contributed by atoms with Crippen LogP contribution in [0.1, 0.15) is 16.7 Å². The molecule has 6 nitrogen and oxygen atoms in total. The minimum atomic E-state index is -0.388. The smallest absolute Gasteiger partial charge is 0.264 e. The number of hydrogen-bond acceptors (Lipinski definition) is 4. The highest BCUT2D eigenvalue weighted by molar-refractivity contribution is 7.80. The number of imidazole rings is 1. The lowest BCUT2D eigenvalue weighted by molar-refractivity contribution is -0.121. The van der Waals surface area contributed by atoms with Crippen molar-refractivity contribution in [3.8, 4) is 17.1 Å². The van der Waals surface area contributed by atoms with Gasteiger partial charge in [-0.2, -0.15) is 0 Å². The van der Waals surface area contributed by atoms with Gasteiger partial charge in [0.2, 0.25) is 0 Å². The molecule has 174 valence electrons. The number of nitrogens with one attached hydrogen (secondary N) is 3. The van der Waals surface area contributed by atoms with Gasteiger partial charge in [-0.3, -0.25) is 10.1 Å². The standard InChI is InChI=1S/C25H22Cl2N4O2S/c1-13-8-15(3)23(19(27)9-13)33-12-22(32)31-25(34)28-17-6-4-16(5-7-17)24-29-20-10-14(2)18(26)11-21(20)30-24/h4-11H,12H2,1-3H3,(H,29,30)(H2,28,31,32,34). The first-order valence-electron chi connectivity index (χ1n) is 10.5. The Morgan fingerprint density at radius 1 is 1.03 bits per heavy atom. The number of amides is 1. The van der Waals surface area contributed by atoms with Crippen LogP contribution in [0.15, 0.2) is 48.5 Å². The number of anilines is 1. The third-order valence-electron chi connectivity index (χ3n) is 5.15. The lowest BCUT2D eigenvalue weighted by Gasteiger charge is -2.13. The van der Waals surface area contributed by atoms with E-state index >= 15 is 0 Å². The Morgan fingerprint density at radius 2 is 1.76 bits per heavy atom. The summed E-state index contributed by atoms with van der Waals surface area (Å²) in [5, 5.41) is 6.92. The van der Waals surface area contributed by atoms with Crippen LogP contribution in [0.2, 0.25) is 10.0 Å². The summed E-state index contributed by atoms with van der Waals surface area (Å²) in [5.74, 6) is 0.836. The van der Waals surface area contributed by atoms with E-state index in [2.05, 4.69) is 20.6 Å². The van der Waals surface area contributed by atoms with Crippen LogP contribution < -0.4 is 15.4 Å². The molecule has 1 aromatic heterocycles. The third-order valence-corrected chi connectivity index (χ3v) is 6.04. The second-order valence-corrected chi connectivity index (χ2v) is 9.19. The van der Waals surface area contributed by atoms with E-state index in [1.54, 1.807) is 6.07 Å². The maximum Gasteiger partial charge on any atom is 0.264 e. The number of ether oxygens (including phenoxy) is 1. The van der Waals surface area contributed by atoms with Gasteiger partial charge in [0.05, 0.1) is 16.1 Å². The number of halogens is 2. The first kappa shape index (κ1) is 24.0. The zero-order valence-electron chi connectivity index (χ0n) is 18.8. The average Bonchev–Trinajstić information content (AvgIpc) is 3.16. The van der Waals surface area contributed by atoms with Gasteiger partial charge in [-0.1, -0.05) is 29.3 Å². The molecule has 1 amide bonds. The molecule has 3 aromatic carbocycles. The molecule has 4 aromatic rings.